The summed E-state index contributed by atoms with van der Waals surface area (Å²) in [5, 5.41) is 3.14. The number of rotatable bonds is 5. The van der Waals surface area contributed by atoms with E-state index in [4.69, 9.17) is 4.74 Å². The van der Waals surface area contributed by atoms with Crippen LogP contribution in [0.1, 0.15) is 33.1 Å². The lowest BCUT2D eigenvalue weighted by atomic mass is 9.70. The lowest BCUT2D eigenvalue weighted by Gasteiger charge is -2.38. The van der Waals surface area contributed by atoms with Gasteiger partial charge < -0.3 is 10.1 Å². The highest BCUT2D eigenvalue weighted by Crippen LogP contribution is 2.39. The van der Waals surface area contributed by atoms with Crippen molar-refractivity contribution >= 4 is 5.97 Å². The Morgan fingerprint density at radius 2 is 2.23 bits per heavy atom. The van der Waals surface area contributed by atoms with Gasteiger partial charge in [0.15, 0.2) is 0 Å². The first-order chi connectivity index (χ1) is 6.16. The Kier molecular flexibility index (Phi) is 3.72. The third-order valence-electron chi connectivity index (χ3n) is 2.69. The number of hydrogen-bond acceptors (Lipinski definition) is 3. The summed E-state index contributed by atoms with van der Waals surface area (Å²) in [5.74, 6) is -0.148. The van der Waals surface area contributed by atoms with Crippen molar-refractivity contribution in [2.75, 3.05) is 19.7 Å². The van der Waals surface area contributed by atoms with Gasteiger partial charge in [0.05, 0.1) is 13.2 Å². The first-order valence-corrected chi connectivity index (χ1v) is 5.03. The zero-order valence-electron chi connectivity index (χ0n) is 8.56. The van der Waals surface area contributed by atoms with Gasteiger partial charge in [0, 0.05) is 6.54 Å². The molecule has 0 aliphatic heterocycles. The third kappa shape index (κ3) is 3.35. The van der Waals surface area contributed by atoms with Crippen LogP contribution in [0.25, 0.3) is 0 Å². The predicted molar refractivity (Wildman–Crippen MR) is 51.5 cm³/mol. The molecule has 0 aromatic carbocycles. The summed E-state index contributed by atoms with van der Waals surface area (Å²) in [5.41, 5.74) is 0.437. The largest absolute Gasteiger partial charge is 0.465 e. The SMILES string of the molecule is CCOC(=O)CNCC1(C)CCC1. The van der Waals surface area contributed by atoms with Gasteiger partial charge in [-0.2, -0.15) is 0 Å². The summed E-state index contributed by atoms with van der Waals surface area (Å²) in [6.07, 6.45) is 3.89. The molecular formula is C10H19NO2. The van der Waals surface area contributed by atoms with E-state index >= 15 is 0 Å². The van der Waals surface area contributed by atoms with Crippen LogP contribution in [0.2, 0.25) is 0 Å². The highest BCUT2D eigenvalue weighted by molar-refractivity contribution is 5.71. The summed E-state index contributed by atoms with van der Waals surface area (Å²) in [6.45, 7) is 5.84. The van der Waals surface area contributed by atoms with E-state index in [1.165, 1.54) is 19.3 Å². The smallest absolute Gasteiger partial charge is 0.319 e. The summed E-state index contributed by atoms with van der Waals surface area (Å²) in [6, 6.07) is 0. The first-order valence-electron chi connectivity index (χ1n) is 5.03. The van der Waals surface area contributed by atoms with Gasteiger partial charge in [0.1, 0.15) is 0 Å². The van der Waals surface area contributed by atoms with Crippen LogP contribution in [0.5, 0.6) is 0 Å². The Morgan fingerprint density at radius 3 is 2.69 bits per heavy atom. The number of ether oxygens (including phenoxy) is 1. The van der Waals surface area contributed by atoms with Crippen molar-refractivity contribution in [1.29, 1.82) is 0 Å². The number of esters is 1. The molecule has 0 radical (unpaired) electrons. The van der Waals surface area contributed by atoms with E-state index in [1.807, 2.05) is 6.92 Å². The van der Waals surface area contributed by atoms with Gasteiger partial charge in [-0.3, -0.25) is 4.79 Å². The minimum Gasteiger partial charge on any atom is -0.465 e. The van der Waals surface area contributed by atoms with E-state index in [9.17, 15) is 4.79 Å². The average molecular weight is 185 g/mol. The van der Waals surface area contributed by atoms with E-state index in [-0.39, 0.29) is 5.97 Å². The molecule has 0 aromatic rings. The van der Waals surface area contributed by atoms with Crippen LogP contribution >= 0.6 is 0 Å². The molecule has 1 aliphatic carbocycles. The second-order valence-electron chi connectivity index (χ2n) is 4.07. The zero-order chi connectivity index (χ0) is 9.73. The maximum atomic E-state index is 11.0. The molecule has 1 rings (SSSR count). The minimum atomic E-state index is -0.148. The predicted octanol–water partition coefficient (Wildman–Crippen LogP) is 1.33. The summed E-state index contributed by atoms with van der Waals surface area (Å²) >= 11 is 0. The van der Waals surface area contributed by atoms with E-state index in [2.05, 4.69) is 12.2 Å². The van der Waals surface area contributed by atoms with Gasteiger partial charge >= 0.3 is 5.97 Å². The van der Waals surface area contributed by atoms with Gasteiger partial charge in [-0.25, -0.2) is 0 Å². The molecule has 3 nitrogen and oxygen atoms in total. The highest BCUT2D eigenvalue weighted by atomic mass is 16.5. The van der Waals surface area contributed by atoms with Crippen LogP contribution in [0.4, 0.5) is 0 Å². The molecule has 1 aliphatic rings. The summed E-state index contributed by atoms with van der Waals surface area (Å²) in [7, 11) is 0. The van der Waals surface area contributed by atoms with Gasteiger partial charge in [0.25, 0.3) is 0 Å². The normalized spacial score (nSPS) is 19.2. The Labute approximate surface area is 79.8 Å². The van der Waals surface area contributed by atoms with Crippen LogP contribution in [0.15, 0.2) is 0 Å². The lowest BCUT2D eigenvalue weighted by molar-refractivity contribution is -0.142. The molecule has 0 aromatic heterocycles. The molecule has 1 fully saturated rings. The fourth-order valence-electron chi connectivity index (χ4n) is 1.64. The van der Waals surface area contributed by atoms with Crippen LogP contribution < -0.4 is 5.32 Å². The molecule has 0 atom stereocenters. The van der Waals surface area contributed by atoms with Crippen molar-refractivity contribution in [3.05, 3.63) is 0 Å². The van der Waals surface area contributed by atoms with E-state index in [0.29, 0.717) is 18.6 Å². The average Bonchev–Trinajstić information content (AvgIpc) is 2.02. The maximum absolute atomic E-state index is 11.0. The quantitative estimate of drug-likeness (QED) is 0.657. The fraction of sp³-hybridized carbons (Fsp3) is 0.900. The van der Waals surface area contributed by atoms with Gasteiger partial charge in [-0.05, 0) is 25.2 Å². The van der Waals surface area contributed by atoms with Gasteiger partial charge in [-0.1, -0.05) is 13.3 Å². The van der Waals surface area contributed by atoms with E-state index < -0.39 is 0 Å². The van der Waals surface area contributed by atoms with Gasteiger partial charge in [-0.15, -0.1) is 0 Å². The van der Waals surface area contributed by atoms with Crippen molar-refractivity contribution in [2.24, 2.45) is 5.41 Å². The van der Waals surface area contributed by atoms with Crippen molar-refractivity contribution in [3.8, 4) is 0 Å². The Morgan fingerprint density at radius 1 is 1.54 bits per heavy atom. The van der Waals surface area contributed by atoms with Crippen molar-refractivity contribution in [1.82, 2.24) is 5.32 Å². The summed E-state index contributed by atoms with van der Waals surface area (Å²) in [4.78, 5) is 11.0. The summed E-state index contributed by atoms with van der Waals surface area (Å²) < 4.78 is 4.81. The molecule has 13 heavy (non-hydrogen) atoms. The molecule has 3 heteroatoms. The van der Waals surface area contributed by atoms with Crippen molar-refractivity contribution in [2.45, 2.75) is 33.1 Å². The van der Waals surface area contributed by atoms with Crippen LogP contribution in [-0.4, -0.2) is 25.7 Å². The lowest BCUT2D eigenvalue weighted by Crippen LogP contribution is -2.39. The highest BCUT2D eigenvalue weighted by Gasteiger charge is 2.31. The molecular weight excluding hydrogens is 166 g/mol. The molecule has 0 spiro atoms. The first kappa shape index (κ1) is 10.5. The molecule has 1 N–H and O–H groups in total. The third-order valence-corrected chi connectivity index (χ3v) is 2.69. The number of carbonyl (C=O) groups is 1. The number of nitrogens with one attached hydrogen (secondary N) is 1. The van der Waals surface area contributed by atoms with Crippen LogP contribution in [-0.2, 0) is 9.53 Å². The van der Waals surface area contributed by atoms with Crippen molar-refractivity contribution in [3.63, 3.8) is 0 Å². The monoisotopic (exact) mass is 185 g/mol. The molecule has 0 unspecified atom stereocenters. The second-order valence-corrected chi connectivity index (χ2v) is 4.07. The van der Waals surface area contributed by atoms with E-state index in [1.54, 1.807) is 0 Å². The topological polar surface area (TPSA) is 38.3 Å². The van der Waals surface area contributed by atoms with Gasteiger partial charge in [0.2, 0.25) is 0 Å². The van der Waals surface area contributed by atoms with Crippen molar-refractivity contribution < 1.29 is 9.53 Å². The second kappa shape index (κ2) is 4.61. The minimum absolute atomic E-state index is 0.148. The molecule has 0 amide bonds. The molecule has 0 saturated heterocycles. The molecule has 76 valence electrons. The molecule has 1 saturated carbocycles. The standard InChI is InChI=1S/C10H19NO2/c1-3-13-9(12)7-11-8-10(2)5-4-6-10/h11H,3-8H2,1-2H3. The Balaban J connectivity index is 2.03. The Hall–Kier alpha value is -0.570. The number of hydrogen-bond donors (Lipinski definition) is 1. The molecule has 0 heterocycles. The Bertz CT molecular complexity index is 176. The van der Waals surface area contributed by atoms with E-state index in [0.717, 1.165) is 6.54 Å². The zero-order valence-corrected chi connectivity index (χ0v) is 8.56. The fourth-order valence-corrected chi connectivity index (χ4v) is 1.64. The van der Waals surface area contributed by atoms with Crippen LogP contribution in [0.3, 0.4) is 0 Å². The van der Waals surface area contributed by atoms with Crippen LogP contribution in [0, 0.1) is 5.41 Å². The number of carbonyl (C=O) groups excluding carboxylic acids is 1. The molecule has 0 bridgehead atoms. The maximum Gasteiger partial charge on any atom is 0.319 e.